The number of halogens is 1. The molecule has 0 saturated heterocycles. The van der Waals surface area contributed by atoms with Gasteiger partial charge in [0.15, 0.2) is 5.96 Å². The van der Waals surface area contributed by atoms with Crippen molar-refractivity contribution in [2.24, 2.45) is 12.0 Å². The Labute approximate surface area is 143 Å². The molecular formula is C18H26FN5. The molecule has 24 heavy (non-hydrogen) atoms. The lowest BCUT2D eigenvalue weighted by molar-refractivity contribution is 0.624. The zero-order valence-corrected chi connectivity index (χ0v) is 14.9. The molecule has 0 fully saturated rings. The molecule has 2 N–H and O–H groups in total. The van der Waals surface area contributed by atoms with Gasteiger partial charge in [0.2, 0.25) is 0 Å². The average molecular weight is 331 g/mol. The fourth-order valence-electron chi connectivity index (χ4n) is 2.82. The van der Waals surface area contributed by atoms with Gasteiger partial charge in [-0.3, -0.25) is 9.67 Å². The number of aliphatic imine (C=N–C) groups is 1. The number of benzene rings is 1. The van der Waals surface area contributed by atoms with Gasteiger partial charge in [0.05, 0.1) is 5.69 Å². The van der Waals surface area contributed by atoms with E-state index in [1.807, 2.05) is 17.8 Å². The molecule has 0 aliphatic heterocycles. The Hall–Kier alpha value is -2.37. The molecule has 1 aromatic carbocycles. The van der Waals surface area contributed by atoms with Crippen LogP contribution in [-0.4, -0.2) is 22.8 Å². The summed E-state index contributed by atoms with van der Waals surface area (Å²) in [6, 6.07) is 6.55. The fraction of sp³-hybridized carbons (Fsp3) is 0.444. The van der Waals surface area contributed by atoms with Crippen LogP contribution in [0.15, 0.2) is 29.3 Å². The van der Waals surface area contributed by atoms with E-state index >= 15 is 0 Å². The Morgan fingerprint density at radius 1 is 1.21 bits per heavy atom. The minimum atomic E-state index is -0.229. The molecule has 2 rings (SSSR count). The lowest BCUT2D eigenvalue weighted by Crippen LogP contribution is -2.36. The highest BCUT2D eigenvalue weighted by Gasteiger charge is 2.13. The molecule has 2 aromatic rings. The summed E-state index contributed by atoms with van der Waals surface area (Å²) in [6.45, 7) is 5.44. The summed E-state index contributed by atoms with van der Waals surface area (Å²) < 4.78 is 15.2. The zero-order valence-electron chi connectivity index (χ0n) is 14.9. The normalized spacial score (nSPS) is 11.6. The van der Waals surface area contributed by atoms with Gasteiger partial charge in [0.1, 0.15) is 5.82 Å². The van der Waals surface area contributed by atoms with Gasteiger partial charge in [-0.05, 0) is 30.5 Å². The highest BCUT2D eigenvalue weighted by molar-refractivity contribution is 5.79. The topological polar surface area (TPSA) is 54.2 Å². The van der Waals surface area contributed by atoms with Gasteiger partial charge < -0.3 is 10.6 Å². The van der Waals surface area contributed by atoms with Crippen molar-refractivity contribution in [2.45, 2.75) is 39.8 Å². The molecule has 0 aliphatic carbocycles. The maximum atomic E-state index is 13.2. The first-order valence-electron chi connectivity index (χ1n) is 8.31. The first kappa shape index (κ1) is 18.0. The summed E-state index contributed by atoms with van der Waals surface area (Å²) in [7, 11) is 3.71. The van der Waals surface area contributed by atoms with Crippen LogP contribution in [0.2, 0.25) is 0 Å². The molecule has 1 heterocycles. The van der Waals surface area contributed by atoms with E-state index < -0.39 is 0 Å². The Balaban J connectivity index is 1.99. The number of hydrogen-bond donors (Lipinski definition) is 2. The SMILES string of the molecule is CCc1nn(C)c(CC)c1CNC(=NC)NCc1cccc(F)c1. The summed E-state index contributed by atoms with van der Waals surface area (Å²) in [5, 5.41) is 11.1. The van der Waals surface area contributed by atoms with E-state index in [1.165, 1.54) is 23.4 Å². The Morgan fingerprint density at radius 2 is 1.96 bits per heavy atom. The predicted molar refractivity (Wildman–Crippen MR) is 95.4 cm³/mol. The second-order valence-electron chi connectivity index (χ2n) is 5.61. The average Bonchev–Trinajstić information content (AvgIpc) is 2.90. The first-order chi connectivity index (χ1) is 11.6. The third-order valence-electron chi connectivity index (χ3n) is 4.03. The van der Waals surface area contributed by atoms with Crippen LogP contribution in [0, 0.1) is 5.82 Å². The van der Waals surface area contributed by atoms with Crippen LogP contribution in [0.25, 0.3) is 0 Å². The number of aryl methyl sites for hydroxylation is 2. The van der Waals surface area contributed by atoms with Crippen LogP contribution in [0.1, 0.15) is 36.4 Å². The predicted octanol–water partition coefficient (Wildman–Crippen LogP) is 2.55. The van der Waals surface area contributed by atoms with E-state index in [-0.39, 0.29) is 5.82 Å². The van der Waals surface area contributed by atoms with Gasteiger partial charge in [-0.25, -0.2) is 4.39 Å². The largest absolute Gasteiger partial charge is 0.352 e. The number of rotatable bonds is 6. The minimum Gasteiger partial charge on any atom is -0.352 e. The van der Waals surface area contributed by atoms with Crippen molar-refractivity contribution in [2.75, 3.05) is 7.05 Å². The molecule has 130 valence electrons. The van der Waals surface area contributed by atoms with Crippen LogP contribution in [0.5, 0.6) is 0 Å². The lowest BCUT2D eigenvalue weighted by Gasteiger charge is -2.13. The van der Waals surface area contributed by atoms with Crippen LogP contribution in [0.4, 0.5) is 4.39 Å². The van der Waals surface area contributed by atoms with E-state index in [9.17, 15) is 4.39 Å². The molecule has 0 amide bonds. The fourth-order valence-corrected chi connectivity index (χ4v) is 2.82. The van der Waals surface area contributed by atoms with Crippen molar-refractivity contribution in [3.63, 3.8) is 0 Å². The third-order valence-corrected chi connectivity index (χ3v) is 4.03. The van der Waals surface area contributed by atoms with Crippen molar-refractivity contribution in [1.29, 1.82) is 0 Å². The summed E-state index contributed by atoms with van der Waals surface area (Å²) >= 11 is 0. The molecule has 1 aromatic heterocycles. The lowest BCUT2D eigenvalue weighted by atomic mass is 10.1. The number of nitrogens with zero attached hydrogens (tertiary/aromatic N) is 3. The smallest absolute Gasteiger partial charge is 0.191 e. The highest BCUT2D eigenvalue weighted by Crippen LogP contribution is 2.15. The molecule has 0 saturated carbocycles. The number of aromatic nitrogens is 2. The van der Waals surface area contributed by atoms with Gasteiger partial charge in [-0.15, -0.1) is 0 Å². The van der Waals surface area contributed by atoms with Crippen molar-refractivity contribution in [1.82, 2.24) is 20.4 Å². The molecule has 6 heteroatoms. The van der Waals surface area contributed by atoms with E-state index in [4.69, 9.17) is 0 Å². The van der Waals surface area contributed by atoms with E-state index in [0.717, 1.165) is 24.1 Å². The number of nitrogens with one attached hydrogen (secondary N) is 2. The summed E-state index contributed by atoms with van der Waals surface area (Å²) in [6.07, 6.45) is 1.84. The summed E-state index contributed by atoms with van der Waals surface area (Å²) in [5.41, 5.74) is 4.46. The Bertz CT molecular complexity index is 705. The van der Waals surface area contributed by atoms with Crippen LogP contribution in [-0.2, 0) is 33.0 Å². The van der Waals surface area contributed by atoms with Crippen molar-refractivity contribution in [3.8, 4) is 0 Å². The highest BCUT2D eigenvalue weighted by atomic mass is 19.1. The molecular weight excluding hydrogens is 305 g/mol. The van der Waals surface area contributed by atoms with Gasteiger partial charge in [0.25, 0.3) is 0 Å². The first-order valence-corrected chi connectivity index (χ1v) is 8.31. The molecule has 0 bridgehead atoms. The van der Waals surface area contributed by atoms with Gasteiger partial charge in [0, 0.05) is 38.4 Å². The monoisotopic (exact) mass is 331 g/mol. The number of guanidine groups is 1. The van der Waals surface area contributed by atoms with Crippen molar-refractivity contribution < 1.29 is 4.39 Å². The molecule has 0 unspecified atom stereocenters. The summed E-state index contributed by atoms with van der Waals surface area (Å²) in [5.74, 6) is 0.458. The van der Waals surface area contributed by atoms with Crippen molar-refractivity contribution >= 4 is 5.96 Å². The van der Waals surface area contributed by atoms with E-state index in [2.05, 4.69) is 34.6 Å². The van der Waals surface area contributed by atoms with E-state index in [1.54, 1.807) is 13.1 Å². The molecule has 0 aliphatic rings. The quantitative estimate of drug-likeness (QED) is 0.632. The maximum Gasteiger partial charge on any atom is 0.191 e. The van der Waals surface area contributed by atoms with Crippen molar-refractivity contribution in [3.05, 3.63) is 52.6 Å². The second-order valence-corrected chi connectivity index (χ2v) is 5.61. The van der Waals surface area contributed by atoms with Crippen LogP contribution in [0.3, 0.4) is 0 Å². The second kappa shape index (κ2) is 8.47. The molecule has 0 spiro atoms. The van der Waals surface area contributed by atoms with E-state index in [0.29, 0.717) is 19.0 Å². The van der Waals surface area contributed by atoms with Gasteiger partial charge in [-0.2, -0.15) is 5.10 Å². The maximum absolute atomic E-state index is 13.2. The Kier molecular flexibility index (Phi) is 6.35. The Morgan fingerprint density at radius 3 is 2.58 bits per heavy atom. The van der Waals surface area contributed by atoms with Gasteiger partial charge >= 0.3 is 0 Å². The van der Waals surface area contributed by atoms with Gasteiger partial charge in [-0.1, -0.05) is 26.0 Å². The van der Waals surface area contributed by atoms with Crippen LogP contribution < -0.4 is 10.6 Å². The molecule has 5 nitrogen and oxygen atoms in total. The minimum absolute atomic E-state index is 0.229. The zero-order chi connectivity index (χ0) is 17.5. The standard InChI is InChI=1S/C18H26FN5/c1-5-16-15(17(6-2)24(4)23-16)12-22-18(20-3)21-11-13-8-7-9-14(19)10-13/h7-10H,5-6,11-12H2,1-4H3,(H2,20,21,22). The third kappa shape index (κ3) is 4.34. The number of hydrogen-bond acceptors (Lipinski definition) is 2. The molecule has 0 radical (unpaired) electrons. The van der Waals surface area contributed by atoms with Crippen LogP contribution >= 0.6 is 0 Å². The molecule has 0 atom stereocenters. The summed E-state index contributed by atoms with van der Waals surface area (Å²) in [4.78, 5) is 4.23.